The molecule has 3 heteroatoms. The Labute approximate surface area is 116 Å². The van der Waals surface area contributed by atoms with E-state index in [0.29, 0.717) is 19.0 Å². The molecule has 2 bridgehead atoms. The van der Waals surface area contributed by atoms with E-state index < -0.39 is 0 Å². The van der Waals surface area contributed by atoms with Crippen molar-refractivity contribution in [3.05, 3.63) is 0 Å². The summed E-state index contributed by atoms with van der Waals surface area (Å²) in [6, 6.07) is 0.477. The van der Waals surface area contributed by atoms with Gasteiger partial charge >= 0.3 is 0 Å². The normalized spacial score (nSPS) is 36.4. The van der Waals surface area contributed by atoms with Crippen molar-refractivity contribution >= 4 is 5.91 Å². The first-order valence-corrected chi connectivity index (χ1v) is 8.20. The smallest absolute Gasteiger partial charge is 0.220 e. The maximum atomic E-state index is 12.3. The van der Waals surface area contributed by atoms with Crippen LogP contribution in [-0.4, -0.2) is 18.5 Å². The summed E-state index contributed by atoms with van der Waals surface area (Å²) in [7, 11) is 0. The summed E-state index contributed by atoms with van der Waals surface area (Å²) in [4.78, 5) is 12.3. The number of nitrogens with two attached hydrogens (primary N) is 1. The standard InChI is InChI=1S/C16H28N2O/c17-11-16(6-2-1-3-7-16)10-15(19)18-14-9-12-4-5-13(14)8-12/h12-14H,1-11,17H2,(H,18,19). The SMILES string of the molecule is NCC1(CC(=O)NC2CC3CCC2C3)CCCCC1. The molecule has 0 spiro atoms. The molecular formula is C16H28N2O. The summed E-state index contributed by atoms with van der Waals surface area (Å²) in [6.45, 7) is 0.678. The quantitative estimate of drug-likeness (QED) is 0.820. The summed E-state index contributed by atoms with van der Waals surface area (Å²) < 4.78 is 0. The lowest BCUT2D eigenvalue weighted by Gasteiger charge is -2.36. The first-order valence-electron chi connectivity index (χ1n) is 8.20. The van der Waals surface area contributed by atoms with E-state index in [1.54, 1.807) is 0 Å². The van der Waals surface area contributed by atoms with Crippen molar-refractivity contribution in [1.29, 1.82) is 0 Å². The van der Waals surface area contributed by atoms with Crippen LogP contribution in [0.3, 0.4) is 0 Å². The molecule has 3 unspecified atom stereocenters. The summed E-state index contributed by atoms with van der Waals surface area (Å²) in [5, 5.41) is 3.32. The van der Waals surface area contributed by atoms with Crippen LogP contribution in [0, 0.1) is 17.3 Å². The van der Waals surface area contributed by atoms with E-state index in [-0.39, 0.29) is 11.3 Å². The Morgan fingerprint density at radius 1 is 1.16 bits per heavy atom. The highest BCUT2D eigenvalue weighted by molar-refractivity contribution is 5.77. The number of carbonyl (C=O) groups excluding carboxylic acids is 1. The van der Waals surface area contributed by atoms with E-state index in [4.69, 9.17) is 5.73 Å². The van der Waals surface area contributed by atoms with Gasteiger partial charge in [0.25, 0.3) is 0 Å². The molecule has 108 valence electrons. The maximum absolute atomic E-state index is 12.3. The van der Waals surface area contributed by atoms with Gasteiger partial charge in [-0.15, -0.1) is 0 Å². The third kappa shape index (κ3) is 2.81. The number of hydrogen-bond acceptors (Lipinski definition) is 2. The van der Waals surface area contributed by atoms with Gasteiger partial charge in [0.2, 0.25) is 5.91 Å². The van der Waals surface area contributed by atoms with Crippen molar-refractivity contribution in [3.63, 3.8) is 0 Å². The van der Waals surface area contributed by atoms with E-state index in [9.17, 15) is 4.79 Å². The Bertz CT molecular complexity index is 336. The second kappa shape index (κ2) is 5.43. The molecule has 19 heavy (non-hydrogen) atoms. The second-order valence-corrected chi connectivity index (χ2v) is 7.29. The predicted molar refractivity (Wildman–Crippen MR) is 76.6 cm³/mol. The minimum atomic E-state index is 0.111. The molecule has 0 aromatic rings. The summed E-state index contributed by atoms with van der Waals surface area (Å²) in [6.07, 6.45) is 12.1. The fraction of sp³-hybridized carbons (Fsp3) is 0.938. The molecule has 3 atom stereocenters. The lowest BCUT2D eigenvalue weighted by Crippen LogP contribution is -2.43. The molecule has 0 aromatic heterocycles. The molecule has 0 aliphatic heterocycles. The number of nitrogens with one attached hydrogen (secondary N) is 1. The molecule has 3 fully saturated rings. The fourth-order valence-electron chi connectivity index (χ4n) is 4.77. The maximum Gasteiger partial charge on any atom is 0.220 e. The molecule has 3 rings (SSSR count). The largest absolute Gasteiger partial charge is 0.353 e. The van der Waals surface area contributed by atoms with Crippen LogP contribution < -0.4 is 11.1 Å². The molecular weight excluding hydrogens is 236 g/mol. The van der Waals surface area contributed by atoms with Crippen LogP contribution in [0.15, 0.2) is 0 Å². The first-order chi connectivity index (χ1) is 9.21. The van der Waals surface area contributed by atoms with Gasteiger partial charge in [0.15, 0.2) is 0 Å². The highest BCUT2D eigenvalue weighted by Crippen LogP contribution is 2.45. The van der Waals surface area contributed by atoms with Crippen LogP contribution in [0.1, 0.15) is 64.2 Å². The molecule has 3 N–H and O–H groups in total. The van der Waals surface area contributed by atoms with Crippen molar-refractivity contribution in [2.24, 2.45) is 23.0 Å². The Balaban J connectivity index is 1.52. The third-order valence-corrected chi connectivity index (χ3v) is 5.97. The number of fused-ring (bicyclic) bond motifs is 2. The number of amides is 1. The zero-order valence-corrected chi connectivity index (χ0v) is 12.0. The molecule has 0 radical (unpaired) electrons. The van der Waals surface area contributed by atoms with E-state index in [0.717, 1.165) is 24.7 Å². The van der Waals surface area contributed by atoms with Crippen LogP contribution in [-0.2, 0) is 4.79 Å². The van der Waals surface area contributed by atoms with Gasteiger partial charge in [0, 0.05) is 12.5 Å². The number of hydrogen-bond donors (Lipinski definition) is 2. The average Bonchev–Trinajstić information content (AvgIpc) is 3.02. The van der Waals surface area contributed by atoms with E-state index in [1.165, 1.54) is 44.9 Å². The summed E-state index contributed by atoms with van der Waals surface area (Å²) in [5.41, 5.74) is 6.09. The summed E-state index contributed by atoms with van der Waals surface area (Å²) >= 11 is 0. The van der Waals surface area contributed by atoms with Gasteiger partial charge in [-0.2, -0.15) is 0 Å². The highest BCUT2D eigenvalue weighted by atomic mass is 16.1. The lowest BCUT2D eigenvalue weighted by atomic mass is 9.71. The Morgan fingerprint density at radius 2 is 1.95 bits per heavy atom. The third-order valence-electron chi connectivity index (χ3n) is 5.97. The van der Waals surface area contributed by atoms with Crippen LogP contribution in [0.5, 0.6) is 0 Å². The van der Waals surface area contributed by atoms with Crippen LogP contribution >= 0.6 is 0 Å². The molecule has 0 aromatic carbocycles. The Hall–Kier alpha value is -0.570. The van der Waals surface area contributed by atoms with Crippen LogP contribution in [0.4, 0.5) is 0 Å². The minimum absolute atomic E-state index is 0.111. The topological polar surface area (TPSA) is 55.1 Å². The van der Waals surface area contributed by atoms with E-state index >= 15 is 0 Å². The second-order valence-electron chi connectivity index (χ2n) is 7.29. The lowest BCUT2D eigenvalue weighted by molar-refractivity contribution is -0.125. The van der Waals surface area contributed by atoms with Crippen LogP contribution in [0.2, 0.25) is 0 Å². The van der Waals surface area contributed by atoms with E-state index in [1.807, 2.05) is 0 Å². The molecule has 3 nitrogen and oxygen atoms in total. The van der Waals surface area contributed by atoms with Crippen molar-refractivity contribution in [2.45, 2.75) is 70.3 Å². The molecule has 3 aliphatic carbocycles. The van der Waals surface area contributed by atoms with Gasteiger partial charge in [-0.05, 0) is 55.9 Å². The summed E-state index contributed by atoms with van der Waals surface area (Å²) in [5.74, 6) is 1.94. The molecule has 1 amide bonds. The number of carbonyl (C=O) groups is 1. The van der Waals surface area contributed by atoms with E-state index in [2.05, 4.69) is 5.32 Å². The van der Waals surface area contributed by atoms with Gasteiger partial charge in [-0.25, -0.2) is 0 Å². The van der Waals surface area contributed by atoms with Crippen molar-refractivity contribution in [2.75, 3.05) is 6.54 Å². The fourth-order valence-corrected chi connectivity index (χ4v) is 4.77. The highest BCUT2D eigenvalue weighted by Gasteiger charge is 2.41. The zero-order valence-electron chi connectivity index (χ0n) is 12.0. The molecule has 0 saturated heterocycles. The monoisotopic (exact) mass is 264 g/mol. The van der Waals surface area contributed by atoms with Gasteiger partial charge in [0.05, 0.1) is 0 Å². The molecule has 0 heterocycles. The Kier molecular flexibility index (Phi) is 3.84. The molecule has 3 saturated carbocycles. The van der Waals surface area contributed by atoms with Gasteiger partial charge in [-0.1, -0.05) is 25.7 Å². The van der Waals surface area contributed by atoms with Gasteiger partial charge < -0.3 is 11.1 Å². The first kappa shape index (κ1) is 13.4. The van der Waals surface area contributed by atoms with Crippen molar-refractivity contribution in [3.8, 4) is 0 Å². The average molecular weight is 264 g/mol. The van der Waals surface area contributed by atoms with Crippen molar-refractivity contribution < 1.29 is 4.79 Å². The minimum Gasteiger partial charge on any atom is -0.353 e. The van der Waals surface area contributed by atoms with Gasteiger partial charge in [0.1, 0.15) is 0 Å². The van der Waals surface area contributed by atoms with Crippen LogP contribution in [0.25, 0.3) is 0 Å². The zero-order chi connectivity index (χ0) is 13.3. The van der Waals surface area contributed by atoms with Crippen molar-refractivity contribution in [1.82, 2.24) is 5.32 Å². The predicted octanol–water partition coefficient (Wildman–Crippen LogP) is 2.59. The number of rotatable bonds is 4. The van der Waals surface area contributed by atoms with Gasteiger partial charge in [-0.3, -0.25) is 4.79 Å². The molecule has 3 aliphatic rings. The Morgan fingerprint density at radius 3 is 2.53 bits per heavy atom.